The summed E-state index contributed by atoms with van der Waals surface area (Å²) in [6.07, 6.45) is 0. The Labute approximate surface area is 119 Å². The van der Waals surface area contributed by atoms with Gasteiger partial charge in [0.2, 0.25) is 0 Å². The number of anilines is 1. The zero-order chi connectivity index (χ0) is 15.3. The summed E-state index contributed by atoms with van der Waals surface area (Å²) in [5, 5.41) is 2.60. The molecule has 0 unspecified atom stereocenters. The second kappa shape index (κ2) is 6.93. The number of methoxy groups -OCH3 is 1. The lowest BCUT2D eigenvalue weighted by Crippen LogP contribution is -2.47. The Kier molecular flexibility index (Phi) is 5.55. The quantitative estimate of drug-likeness (QED) is 0.860. The summed E-state index contributed by atoms with van der Waals surface area (Å²) >= 11 is 0. The Morgan fingerprint density at radius 1 is 1.05 bits per heavy atom. The lowest BCUT2D eigenvalue weighted by atomic mass is 10.2. The van der Waals surface area contributed by atoms with Crippen molar-refractivity contribution in [2.24, 2.45) is 0 Å². The number of benzene rings is 1. The fourth-order valence-electron chi connectivity index (χ4n) is 2.04. The molecule has 0 atom stereocenters. The maximum atomic E-state index is 12.1. The third-order valence-corrected chi connectivity index (χ3v) is 2.89. The first kappa shape index (κ1) is 16.0. The highest BCUT2D eigenvalue weighted by atomic mass is 16.5. The third kappa shape index (κ3) is 3.98. The van der Waals surface area contributed by atoms with E-state index in [1.54, 1.807) is 36.3 Å². The molecule has 0 fully saturated rings. The fraction of sp³-hybridized carbons (Fsp3) is 0.467. The van der Waals surface area contributed by atoms with E-state index in [-0.39, 0.29) is 12.1 Å². The van der Waals surface area contributed by atoms with Crippen molar-refractivity contribution in [1.29, 1.82) is 0 Å². The molecule has 5 nitrogen and oxygen atoms in total. The van der Waals surface area contributed by atoms with Crippen LogP contribution in [-0.4, -0.2) is 35.9 Å². The van der Waals surface area contributed by atoms with Crippen LogP contribution in [0.1, 0.15) is 27.7 Å². The van der Waals surface area contributed by atoms with Crippen molar-refractivity contribution in [3.05, 3.63) is 24.3 Å². The number of rotatable bonds is 4. The average molecular weight is 278 g/mol. The van der Waals surface area contributed by atoms with E-state index in [0.29, 0.717) is 11.4 Å². The normalized spacial score (nSPS) is 10.6. The fourth-order valence-corrected chi connectivity index (χ4v) is 2.04. The maximum Gasteiger partial charge on any atom is 0.313 e. The van der Waals surface area contributed by atoms with Crippen LogP contribution >= 0.6 is 0 Å². The van der Waals surface area contributed by atoms with E-state index in [0.717, 1.165) is 0 Å². The zero-order valence-electron chi connectivity index (χ0n) is 12.6. The number of hydrogen-bond acceptors (Lipinski definition) is 3. The zero-order valence-corrected chi connectivity index (χ0v) is 12.6. The first-order valence-electron chi connectivity index (χ1n) is 6.64. The SMILES string of the molecule is COc1ccc(NC(=O)C(=O)N(C(C)C)C(C)C)cc1. The van der Waals surface area contributed by atoms with Crippen molar-refractivity contribution in [3.63, 3.8) is 0 Å². The summed E-state index contributed by atoms with van der Waals surface area (Å²) < 4.78 is 5.03. The molecule has 1 rings (SSSR count). The molecule has 0 bridgehead atoms. The highest BCUT2D eigenvalue weighted by molar-refractivity contribution is 6.39. The van der Waals surface area contributed by atoms with Gasteiger partial charge < -0.3 is 15.0 Å². The molecule has 1 N–H and O–H groups in total. The van der Waals surface area contributed by atoms with Crippen LogP contribution in [0.5, 0.6) is 5.75 Å². The molecule has 110 valence electrons. The monoisotopic (exact) mass is 278 g/mol. The van der Waals surface area contributed by atoms with Crippen LogP contribution in [0.4, 0.5) is 5.69 Å². The Morgan fingerprint density at radius 3 is 1.95 bits per heavy atom. The van der Waals surface area contributed by atoms with Gasteiger partial charge in [0.05, 0.1) is 7.11 Å². The molecule has 2 amide bonds. The van der Waals surface area contributed by atoms with Crippen LogP contribution in [-0.2, 0) is 9.59 Å². The standard InChI is InChI=1S/C15H22N2O3/c1-10(2)17(11(3)4)15(19)14(18)16-12-6-8-13(20-5)9-7-12/h6-11H,1-5H3,(H,16,18). The van der Waals surface area contributed by atoms with E-state index in [2.05, 4.69) is 5.32 Å². The van der Waals surface area contributed by atoms with Gasteiger partial charge in [0.1, 0.15) is 5.75 Å². The third-order valence-electron chi connectivity index (χ3n) is 2.89. The Bertz CT molecular complexity index is 459. The number of carbonyl (C=O) groups is 2. The predicted molar refractivity (Wildman–Crippen MR) is 78.7 cm³/mol. The minimum Gasteiger partial charge on any atom is -0.497 e. The lowest BCUT2D eigenvalue weighted by Gasteiger charge is -2.29. The van der Waals surface area contributed by atoms with Gasteiger partial charge in [-0.2, -0.15) is 0 Å². The minimum atomic E-state index is -0.627. The van der Waals surface area contributed by atoms with Crippen LogP contribution in [0.3, 0.4) is 0 Å². The molecule has 0 radical (unpaired) electrons. The number of nitrogens with zero attached hydrogens (tertiary/aromatic N) is 1. The van der Waals surface area contributed by atoms with Gasteiger partial charge in [0.25, 0.3) is 0 Å². The summed E-state index contributed by atoms with van der Waals surface area (Å²) in [4.78, 5) is 25.7. The molecule has 0 aliphatic rings. The van der Waals surface area contributed by atoms with Gasteiger partial charge >= 0.3 is 11.8 Å². The molecule has 0 spiro atoms. The molecular formula is C15H22N2O3. The predicted octanol–water partition coefficient (Wildman–Crippen LogP) is 2.28. The average Bonchev–Trinajstić information content (AvgIpc) is 2.38. The van der Waals surface area contributed by atoms with E-state index in [1.165, 1.54) is 0 Å². The Morgan fingerprint density at radius 2 is 1.55 bits per heavy atom. The molecule has 0 saturated heterocycles. The van der Waals surface area contributed by atoms with Gasteiger partial charge in [-0.3, -0.25) is 9.59 Å². The summed E-state index contributed by atoms with van der Waals surface area (Å²) in [7, 11) is 1.57. The van der Waals surface area contributed by atoms with Gasteiger partial charge in [-0.25, -0.2) is 0 Å². The number of nitrogens with one attached hydrogen (secondary N) is 1. The molecule has 5 heteroatoms. The highest BCUT2D eigenvalue weighted by Crippen LogP contribution is 2.15. The van der Waals surface area contributed by atoms with E-state index in [1.807, 2.05) is 27.7 Å². The van der Waals surface area contributed by atoms with Gasteiger partial charge in [0.15, 0.2) is 0 Å². The Balaban J connectivity index is 2.76. The maximum absolute atomic E-state index is 12.1. The topological polar surface area (TPSA) is 58.6 Å². The van der Waals surface area contributed by atoms with Crippen LogP contribution in [0.2, 0.25) is 0 Å². The largest absolute Gasteiger partial charge is 0.497 e. The van der Waals surface area contributed by atoms with Crippen molar-refractivity contribution < 1.29 is 14.3 Å². The van der Waals surface area contributed by atoms with Crippen LogP contribution in [0.15, 0.2) is 24.3 Å². The minimum absolute atomic E-state index is 0.0240. The summed E-state index contributed by atoms with van der Waals surface area (Å²) in [6.45, 7) is 7.55. The van der Waals surface area contributed by atoms with Crippen molar-refractivity contribution in [1.82, 2.24) is 4.90 Å². The van der Waals surface area contributed by atoms with Crippen molar-refractivity contribution in [3.8, 4) is 5.75 Å². The molecule has 0 saturated carbocycles. The second-order valence-corrected chi connectivity index (χ2v) is 5.08. The molecule has 0 heterocycles. The smallest absolute Gasteiger partial charge is 0.313 e. The molecule has 1 aromatic carbocycles. The van der Waals surface area contributed by atoms with Crippen molar-refractivity contribution >= 4 is 17.5 Å². The molecule has 1 aromatic rings. The van der Waals surface area contributed by atoms with Crippen molar-refractivity contribution in [2.45, 2.75) is 39.8 Å². The van der Waals surface area contributed by atoms with Crippen LogP contribution in [0, 0.1) is 0 Å². The highest BCUT2D eigenvalue weighted by Gasteiger charge is 2.26. The van der Waals surface area contributed by atoms with Gasteiger partial charge in [-0.1, -0.05) is 0 Å². The summed E-state index contributed by atoms with van der Waals surface area (Å²) in [6, 6.07) is 6.79. The lowest BCUT2D eigenvalue weighted by molar-refractivity contribution is -0.145. The van der Waals surface area contributed by atoms with Gasteiger partial charge in [-0.15, -0.1) is 0 Å². The van der Waals surface area contributed by atoms with Gasteiger partial charge in [-0.05, 0) is 52.0 Å². The van der Waals surface area contributed by atoms with Crippen LogP contribution in [0.25, 0.3) is 0 Å². The first-order valence-corrected chi connectivity index (χ1v) is 6.64. The van der Waals surface area contributed by atoms with E-state index in [9.17, 15) is 9.59 Å². The number of hydrogen-bond donors (Lipinski definition) is 1. The summed E-state index contributed by atoms with van der Waals surface area (Å²) in [5.74, 6) is -0.455. The molecular weight excluding hydrogens is 256 g/mol. The van der Waals surface area contributed by atoms with Crippen LogP contribution < -0.4 is 10.1 Å². The summed E-state index contributed by atoms with van der Waals surface area (Å²) in [5.41, 5.74) is 0.566. The number of ether oxygens (including phenoxy) is 1. The molecule has 0 aliphatic carbocycles. The number of amides is 2. The Hall–Kier alpha value is -2.04. The molecule has 20 heavy (non-hydrogen) atoms. The molecule has 0 aliphatic heterocycles. The number of carbonyl (C=O) groups excluding carboxylic acids is 2. The second-order valence-electron chi connectivity index (χ2n) is 5.08. The van der Waals surface area contributed by atoms with Gasteiger partial charge in [0, 0.05) is 17.8 Å². The van der Waals surface area contributed by atoms with E-state index >= 15 is 0 Å². The molecule has 0 aromatic heterocycles. The van der Waals surface area contributed by atoms with E-state index < -0.39 is 11.8 Å². The first-order chi connectivity index (χ1) is 9.36. The van der Waals surface area contributed by atoms with E-state index in [4.69, 9.17) is 4.74 Å². The van der Waals surface area contributed by atoms with Crippen molar-refractivity contribution in [2.75, 3.05) is 12.4 Å².